The number of rotatable bonds is 7. The van der Waals surface area contributed by atoms with Gasteiger partial charge in [-0.3, -0.25) is 9.59 Å². The molecule has 0 aromatic heterocycles. The van der Waals surface area contributed by atoms with Crippen LogP contribution in [0.5, 0.6) is 0 Å². The Bertz CT molecular complexity index is 995. The molecule has 0 saturated heterocycles. The van der Waals surface area contributed by atoms with E-state index in [-0.39, 0.29) is 29.4 Å². The van der Waals surface area contributed by atoms with Crippen LogP contribution >= 0.6 is 11.8 Å². The molecular formula is C23H21FN2O2S. The Morgan fingerprint density at radius 3 is 2.34 bits per heavy atom. The van der Waals surface area contributed by atoms with Crippen LogP contribution in [0, 0.1) is 5.82 Å². The zero-order valence-electron chi connectivity index (χ0n) is 15.9. The zero-order chi connectivity index (χ0) is 20.6. The van der Waals surface area contributed by atoms with Crippen molar-refractivity contribution in [1.82, 2.24) is 5.32 Å². The summed E-state index contributed by atoms with van der Waals surface area (Å²) in [6, 6.07) is 22.6. The average Bonchev–Trinajstić information content (AvgIpc) is 2.74. The minimum absolute atomic E-state index is 0.0390. The number of benzene rings is 3. The molecule has 2 N–H and O–H groups in total. The van der Waals surface area contributed by atoms with Crippen LogP contribution in [0.15, 0.2) is 83.8 Å². The maximum absolute atomic E-state index is 13.7. The fourth-order valence-electron chi connectivity index (χ4n) is 2.78. The molecule has 3 rings (SSSR count). The number of amides is 2. The molecule has 0 radical (unpaired) electrons. The first-order chi connectivity index (χ1) is 14.0. The number of nitrogens with one attached hydrogen (secondary N) is 2. The van der Waals surface area contributed by atoms with Crippen molar-refractivity contribution in [1.29, 1.82) is 0 Å². The molecule has 0 saturated carbocycles. The molecule has 148 valence electrons. The molecule has 1 atom stereocenters. The lowest BCUT2D eigenvalue weighted by Gasteiger charge is -2.16. The molecule has 0 heterocycles. The van der Waals surface area contributed by atoms with Gasteiger partial charge in [0.1, 0.15) is 5.82 Å². The molecule has 0 bridgehead atoms. The first kappa shape index (κ1) is 20.6. The highest BCUT2D eigenvalue weighted by molar-refractivity contribution is 8.00. The monoisotopic (exact) mass is 408 g/mol. The van der Waals surface area contributed by atoms with Crippen LogP contribution < -0.4 is 10.6 Å². The molecule has 2 amide bonds. The van der Waals surface area contributed by atoms with Crippen molar-refractivity contribution in [3.05, 3.63) is 95.8 Å². The molecule has 6 heteroatoms. The van der Waals surface area contributed by atoms with Crippen LogP contribution in [0.3, 0.4) is 0 Å². The zero-order valence-corrected chi connectivity index (χ0v) is 16.7. The van der Waals surface area contributed by atoms with Crippen molar-refractivity contribution in [2.75, 3.05) is 11.1 Å². The summed E-state index contributed by atoms with van der Waals surface area (Å²) in [7, 11) is 0. The maximum Gasteiger partial charge on any atom is 0.253 e. The van der Waals surface area contributed by atoms with Crippen LogP contribution in [0.25, 0.3) is 0 Å². The highest BCUT2D eigenvalue weighted by Crippen LogP contribution is 2.22. The topological polar surface area (TPSA) is 58.2 Å². The van der Waals surface area contributed by atoms with Crippen molar-refractivity contribution in [2.45, 2.75) is 17.9 Å². The Morgan fingerprint density at radius 1 is 0.931 bits per heavy atom. The summed E-state index contributed by atoms with van der Waals surface area (Å²) in [6.07, 6.45) is 0. The fourth-order valence-corrected chi connectivity index (χ4v) is 3.52. The van der Waals surface area contributed by atoms with Crippen LogP contribution in [0.4, 0.5) is 10.1 Å². The SMILES string of the molecule is C[C@@H](NC(=O)c1ccccc1NC(=O)CSc1ccccc1F)c1ccccc1. The van der Waals surface area contributed by atoms with Crippen molar-refractivity contribution < 1.29 is 14.0 Å². The van der Waals surface area contributed by atoms with Gasteiger partial charge in [0.2, 0.25) is 5.91 Å². The molecular weight excluding hydrogens is 387 g/mol. The van der Waals surface area contributed by atoms with Gasteiger partial charge in [0, 0.05) is 4.90 Å². The van der Waals surface area contributed by atoms with Crippen LogP contribution in [0.2, 0.25) is 0 Å². The van der Waals surface area contributed by atoms with Crippen molar-refractivity contribution in [3.8, 4) is 0 Å². The van der Waals surface area contributed by atoms with Gasteiger partial charge in [-0.2, -0.15) is 0 Å². The number of hydrogen-bond donors (Lipinski definition) is 2. The van der Waals surface area contributed by atoms with Crippen molar-refractivity contribution in [2.24, 2.45) is 0 Å². The minimum Gasteiger partial charge on any atom is -0.345 e. The molecule has 3 aromatic rings. The number of hydrogen-bond acceptors (Lipinski definition) is 3. The van der Waals surface area contributed by atoms with Crippen molar-refractivity contribution in [3.63, 3.8) is 0 Å². The second-order valence-corrected chi connectivity index (χ2v) is 7.44. The minimum atomic E-state index is -0.361. The fraction of sp³-hybridized carbons (Fsp3) is 0.130. The molecule has 0 aliphatic rings. The third kappa shape index (κ3) is 5.68. The Morgan fingerprint density at radius 2 is 1.59 bits per heavy atom. The lowest BCUT2D eigenvalue weighted by Crippen LogP contribution is -2.28. The van der Waals surface area contributed by atoms with Gasteiger partial charge in [0.15, 0.2) is 0 Å². The summed E-state index contributed by atoms with van der Waals surface area (Å²) in [5.74, 6) is -0.911. The predicted octanol–water partition coefficient (Wildman–Crippen LogP) is 5.05. The molecule has 4 nitrogen and oxygen atoms in total. The summed E-state index contributed by atoms with van der Waals surface area (Å²) in [5, 5.41) is 5.70. The standard InChI is InChI=1S/C23H21FN2O2S/c1-16(17-9-3-2-4-10-17)25-23(28)18-11-5-7-13-20(18)26-22(27)15-29-21-14-8-6-12-19(21)24/h2-14,16H,15H2,1H3,(H,25,28)(H,26,27)/t16-/m1/s1. The van der Waals surface area contributed by atoms with E-state index in [0.29, 0.717) is 16.1 Å². The van der Waals surface area contributed by atoms with E-state index in [4.69, 9.17) is 0 Å². The molecule has 0 spiro atoms. The van der Waals surface area contributed by atoms with Gasteiger partial charge in [-0.1, -0.05) is 54.6 Å². The van der Waals surface area contributed by atoms with Gasteiger partial charge in [0.05, 0.1) is 23.0 Å². The number of halogens is 1. The number of thioether (sulfide) groups is 1. The van der Waals surface area contributed by atoms with Gasteiger partial charge in [0.25, 0.3) is 5.91 Å². The van der Waals surface area contributed by atoms with E-state index in [1.165, 1.54) is 6.07 Å². The quantitative estimate of drug-likeness (QED) is 0.538. The summed E-state index contributed by atoms with van der Waals surface area (Å²) < 4.78 is 13.7. The number of carbonyl (C=O) groups is 2. The molecule has 0 aliphatic heterocycles. The van der Waals surface area contributed by atoms with E-state index < -0.39 is 0 Å². The van der Waals surface area contributed by atoms with Gasteiger partial charge in [-0.25, -0.2) is 4.39 Å². The maximum atomic E-state index is 13.7. The van der Waals surface area contributed by atoms with Gasteiger partial charge >= 0.3 is 0 Å². The molecule has 0 unspecified atom stereocenters. The molecule has 0 aliphatic carbocycles. The Balaban J connectivity index is 1.64. The first-order valence-corrected chi connectivity index (χ1v) is 10.1. The normalized spacial score (nSPS) is 11.5. The largest absolute Gasteiger partial charge is 0.345 e. The smallest absolute Gasteiger partial charge is 0.253 e. The number of para-hydroxylation sites is 1. The average molecular weight is 408 g/mol. The summed E-state index contributed by atoms with van der Waals surface area (Å²) >= 11 is 1.11. The van der Waals surface area contributed by atoms with E-state index >= 15 is 0 Å². The number of carbonyl (C=O) groups excluding carboxylic acids is 2. The van der Waals surface area contributed by atoms with Crippen LogP contribution in [-0.4, -0.2) is 17.6 Å². The van der Waals surface area contributed by atoms with Gasteiger partial charge < -0.3 is 10.6 Å². The Hall–Kier alpha value is -3.12. The van der Waals surface area contributed by atoms with Gasteiger partial charge in [-0.05, 0) is 36.8 Å². The molecule has 3 aromatic carbocycles. The lowest BCUT2D eigenvalue weighted by atomic mass is 10.1. The number of anilines is 1. The lowest BCUT2D eigenvalue weighted by molar-refractivity contribution is -0.113. The van der Waals surface area contributed by atoms with Gasteiger partial charge in [-0.15, -0.1) is 11.8 Å². The highest BCUT2D eigenvalue weighted by atomic mass is 32.2. The van der Waals surface area contributed by atoms with E-state index in [2.05, 4.69) is 10.6 Å². The third-order valence-corrected chi connectivity index (χ3v) is 5.34. The highest BCUT2D eigenvalue weighted by Gasteiger charge is 2.16. The van der Waals surface area contributed by atoms with E-state index in [1.807, 2.05) is 37.3 Å². The van der Waals surface area contributed by atoms with E-state index in [1.54, 1.807) is 42.5 Å². The van der Waals surface area contributed by atoms with Crippen LogP contribution in [0.1, 0.15) is 28.9 Å². The molecule has 0 fully saturated rings. The second-order valence-electron chi connectivity index (χ2n) is 6.42. The summed E-state index contributed by atoms with van der Waals surface area (Å²) in [4.78, 5) is 25.5. The molecule has 29 heavy (non-hydrogen) atoms. The van der Waals surface area contributed by atoms with Crippen LogP contribution in [-0.2, 0) is 4.79 Å². The van der Waals surface area contributed by atoms with E-state index in [0.717, 1.165) is 17.3 Å². The Labute approximate surface area is 173 Å². The summed E-state index contributed by atoms with van der Waals surface area (Å²) in [6.45, 7) is 1.90. The third-order valence-electron chi connectivity index (χ3n) is 4.29. The Kier molecular flexibility index (Phi) is 7.03. The first-order valence-electron chi connectivity index (χ1n) is 9.16. The van der Waals surface area contributed by atoms with Crippen molar-refractivity contribution >= 4 is 29.3 Å². The van der Waals surface area contributed by atoms with E-state index in [9.17, 15) is 14.0 Å². The predicted molar refractivity (Wildman–Crippen MR) is 115 cm³/mol. The second kappa shape index (κ2) is 9.89. The summed E-state index contributed by atoms with van der Waals surface area (Å²) in [5.41, 5.74) is 1.78.